The highest BCUT2D eigenvalue weighted by Crippen LogP contribution is 2.63. The van der Waals surface area contributed by atoms with E-state index in [0.29, 0.717) is 95.9 Å². The fraction of sp³-hybridized carbons (Fsp3) is 0.529. The molecular weight excluding hydrogens is 1060 g/mol. The van der Waals surface area contributed by atoms with Crippen molar-refractivity contribution in [1.82, 2.24) is 0 Å². The zero-order chi connectivity index (χ0) is 59.1. The number of hydrogen-bond donors (Lipinski definition) is 4. The molecule has 0 aromatic heterocycles. The normalized spacial score (nSPS) is 33.2. The van der Waals surface area contributed by atoms with Crippen LogP contribution in [0.15, 0.2) is 68.5 Å². The summed E-state index contributed by atoms with van der Waals surface area (Å²) in [6, 6.07) is 12.2. The third kappa shape index (κ3) is 10.6. The van der Waals surface area contributed by atoms with E-state index in [1.165, 1.54) is 0 Å². The average Bonchev–Trinajstić information content (AvgIpc) is 0.889. The second-order valence-electron chi connectivity index (χ2n) is 27.6. The lowest BCUT2D eigenvalue weighted by Gasteiger charge is -2.54. The van der Waals surface area contributed by atoms with Crippen molar-refractivity contribution in [3.63, 3.8) is 0 Å². The average molecular weight is 1140 g/mol. The number of phenolic OH excluding ortho intramolecular Hbond substituents is 4. The van der Waals surface area contributed by atoms with Gasteiger partial charge in [0.2, 0.25) is 0 Å². The van der Waals surface area contributed by atoms with Crippen molar-refractivity contribution in [1.29, 1.82) is 0 Å². The Morgan fingerprint density at radius 2 is 0.571 bits per heavy atom. The van der Waals surface area contributed by atoms with Crippen LogP contribution in [0.4, 0.5) is 0 Å². The van der Waals surface area contributed by atoms with Crippen molar-refractivity contribution in [2.75, 3.05) is 0 Å². The van der Waals surface area contributed by atoms with Gasteiger partial charge < -0.3 is 39.4 Å². The van der Waals surface area contributed by atoms with Crippen LogP contribution in [-0.2, 0) is 40.8 Å². The van der Waals surface area contributed by atoms with Crippen molar-refractivity contribution in [2.45, 2.75) is 216 Å². The molecule has 0 amide bonds. The summed E-state index contributed by atoms with van der Waals surface area (Å²) in [4.78, 5) is 78.7. The number of nitrogens with zero attached hydrogens (tertiary/aromatic N) is 4. The number of aliphatic imine (C=N–C) groups is 4. The van der Waals surface area contributed by atoms with Gasteiger partial charge in [0.1, 0.15) is 46.0 Å². The highest BCUT2D eigenvalue weighted by atomic mass is 16.5. The van der Waals surface area contributed by atoms with Crippen molar-refractivity contribution in [3.05, 3.63) is 93.0 Å². The Balaban J connectivity index is 1.12. The summed E-state index contributed by atoms with van der Waals surface area (Å²) < 4.78 is 25.2. The number of aromatic hydroxyl groups is 4. The summed E-state index contributed by atoms with van der Waals surface area (Å²) in [5.41, 5.74) is -1.25. The summed E-state index contributed by atoms with van der Waals surface area (Å²) in [6.07, 6.45) is 14.8. The van der Waals surface area contributed by atoms with Gasteiger partial charge in [0, 0.05) is 95.0 Å². The lowest BCUT2D eigenvalue weighted by atomic mass is 9.49. The standard InChI is InChI=1S/C68H78N4O12/c1-63-35-64(2,36-63)48-28-44-24-40(60(48)78)32-70-53-13-9-10-14-54(53)72-34-42-26-46-30-50(62(42)80)66(4)37-65(3,38-66)49-29-45-25-41(61(49)79)33-71-52-12-8-7-11-51(52)69-31-39-23-43(27-47(63)59(39)77)81-55(73)15-19-67(5,20-16-56(74)82-44)68(6,21-17-57(75)83-45)22-18-58(76)84-46/h23-34,51-54,77-80H,7-22,35-38H2,1-6H3. The number of ether oxygens (including phenoxy) is 4. The van der Waals surface area contributed by atoms with Crippen LogP contribution >= 0.6 is 0 Å². The van der Waals surface area contributed by atoms with E-state index in [0.717, 1.165) is 25.7 Å². The highest BCUT2D eigenvalue weighted by Gasteiger charge is 2.55. The Bertz CT molecular complexity index is 3050. The van der Waals surface area contributed by atoms with Crippen LogP contribution in [-0.4, -0.2) is 93.3 Å². The molecular formula is C68H78N4O12. The van der Waals surface area contributed by atoms with Gasteiger partial charge in [-0.1, -0.05) is 67.2 Å². The highest BCUT2D eigenvalue weighted by molar-refractivity contribution is 5.90. The molecule has 4 fully saturated rings. The van der Waals surface area contributed by atoms with Crippen LogP contribution in [0, 0.1) is 10.8 Å². The zero-order valence-electron chi connectivity index (χ0n) is 49.2. The van der Waals surface area contributed by atoms with Gasteiger partial charge in [-0.2, -0.15) is 0 Å². The SMILES string of the molecule is CC12CC(C)(C1)c1cc3cc(c1O)C=NC1CCCCC1N=Cc1cc4cc(c1O)C1(C)CC(C)(C1)c1cc5cc(c1O)C=NC1CCCCC1N=Cc1cc(cc2c1O)OC(=O)CCC(C)(CCC(=O)O3)C(C)(CCC(=O)O5)CCC(=O)O4. The van der Waals surface area contributed by atoms with E-state index < -0.39 is 56.4 Å². The van der Waals surface area contributed by atoms with Gasteiger partial charge in [0.25, 0.3) is 0 Å². The van der Waals surface area contributed by atoms with Crippen molar-refractivity contribution in [2.24, 2.45) is 30.8 Å². The fourth-order valence-corrected chi connectivity index (χ4v) is 16.4. The summed E-state index contributed by atoms with van der Waals surface area (Å²) in [7, 11) is 0. The maximum atomic E-state index is 14.5. The molecule has 4 aromatic rings. The minimum Gasteiger partial charge on any atom is -0.507 e. The number of phenols is 4. The Hall–Kier alpha value is -7.36. The Kier molecular flexibility index (Phi) is 14.5. The largest absolute Gasteiger partial charge is 0.507 e. The third-order valence-electron chi connectivity index (χ3n) is 21.1. The molecule has 6 heterocycles. The van der Waals surface area contributed by atoms with E-state index in [2.05, 4.69) is 0 Å². The zero-order valence-corrected chi connectivity index (χ0v) is 49.2. The second kappa shape index (κ2) is 21.3. The van der Waals surface area contributed by atoms with E-state index >= 15 is 0 Å². The summed E-state index contributed by atoms with van der Waals surface area (Å²) in [6.45, 7) is 12.1. The van der Waals surface area contributed by atoms with E-state index in [9.17, 15) is 39.6 Å². The number of carbonyl (C=O) groups excluding carboxylic acids is 4. The van der Waals surface area contributed by atoms with E-state index in [1.54, 1.807) is 73.4 Å². The van der Waals surface area contributed by atoms with Gasteiger partial charge in [-0.25, -0.2) is 0 Å². The third-order valence-corrected chi connectivity index (χ3v) is 21.1. The van der Waals surface area contributed by atoms with Crippen molar-refractivity contribution in [3.8, 4) is 46.0 Å². The van der Waals surface area contributed by atoms with Gasteiger partial charge in [-0.3, -0.25) is 39.1 Å². The van der Waals surface area contributed by atoms with Gasteiger partial charge in [0.05, 0.1) is 24.2 Å². The van der Waals surface area contributed by atoms with E-state index in [4.69, 9.17) is 38.9 Å². The van der Waals surface area contributed by atoms with Crippen LogP contribution in [0.25, 0.3) is 0 Å². The fourth-order valence-electron chi connectivity index (χ4n) is 16.4. The molecule has 4 aromatic carbocycles. The lowest BCUT2D eigenvalue weighted by molar-refractivity contribution is -0.141. The smallest absolute Gasteiger partial charge is 0.311 e. The Labute approximate surface area is 490 Å². The van der Waals surface area contributed by atoms with Gasteiger partial charge in [0.15, 0.2) is 0 Å². The van der Waals surface area contributed by atoms with E-state index in [1.807, 2.05) is 41.5 Å². The molecule has 16 nitrogen and oxygen atoms in total. The molecule has 0 saturated heterocycles. The molecule has 6 aliphatic heterocycles. The number of carbonyl (C=O) groups is 4. The number of benzene rings is 4. The van der Waals surface area contributed by atoms with E-state index in [-0.39, 0.29) is 122 Å². The maximum Gasteiger partial charge on any atom is 0.311 e. The Morgan fingerprint density at radius 1 is 0.357 bits per heavy atom. The molecule has 0 spiro atoms. The molecule has 442 valence electrons. The molecule has 4 saturated carbocycles. The lowest BCUT2D eigenvalue weighted by Crippen LogP contribution is -2.49. The number of fused-ring (bicyclic) bond motifs is 6. The van der Waals surface area contributed by atoms with Crippen LogP contribution in [0.5, 0.6) is 46.0 Å². The van der Waals surface area contributed by atoms with Crippen LogP contribution in [0.1, 0.15) is 214 Å². The predicted molar refractivity (Wildman–Crippen MR) is 318 cm³/mol. The minimum atomic E-state index is -0.994. The van der Waals surface area contributed by atoms with Gasteiger partial charge >= 0.3 is 23.9 Å². The second-order valence-corrected chi connectivity index (χ2v) is 27.6. The first-order valence-corrected chi connectivity index (χ1v) is 30.4. The number of rotatable bonds is 0. The summed E-state index contributed by atoms with van der Waals surface area (Å²) in [5.74, 6) is -1.46. The first kappa shape index (κ1) is 57.1. The minimum absolute atomic E-state index is 0.0134. The first-order chi connectivity index (χ1) is 39.9. The van der Waals surface area contributed by atoms with Crippen LogP contribution in [0.2, 0.25) is 0 Å². The monoisotopic (exact) mass is 1140 g/mol. The summed E-state index contributed by atoms with van der Waals surface area (Å²) in [5, 5.41) is 49.9. The van der Waals surface area contributed by atoms with Crippen molar-refractivity contribution < 1.29 is 58.6 Å². The molecule has 18 bridgehead atoms. The van der Waals surface area contributed by atoms with Crippen LogP contribution < -0.4 is 18.9 Å². The summed E-state index contributed by atoms with van der Waals surface area (Å²) >= 11 is 0. The van der Waals surface area contributed by atoms with Gasteiger partial charge in [-0.15, -0.1) is 0 Å². The maximum absolute atomic E-state index is 14.5. The molecule has 16 heteroatoms. The molecule has 0 radical (unpaired) electrons. The molecule has 14 rings (SSSR count). The molecule has 4 aliphatic carbocycles. The topological polar surface area (TPSA) is 236 Å². The molecule has 4 N–H and O–H groups in total. The molecule has 10 aliphatic rings. The number of esters is 4. The quantitative estimate of drug-likeness (QED) is 0.0951. The molecule has 84 heavy (non-hydrogen) atoms. The number of hydrogen-bond acceptors (Lipinski definition) is 16. The molecule has 4 atom stereocenters. The first-order valence-electron chi connectivity index (χ1n) is 30.4. The molecule has 4 unspecified atom stereocenters. The van der Waals surface area contributed by atoms with Crippen LogP contribution in [0.3, 0.4) is 0 Å². The Morgan fingerprint density at radius 3 is 0.786 bits per heavy atom. The van der Waals surface area contributed by atoms with Gasteiger partial charge in [-0.05, 0) is 158 Å². The van der Waals surface area contributed by atoms with Crippen molar-refractivity contribution >= 4 is 48.7 Å². The predicted octanol–water partition coefficient (Wildman–Crippen LogP) is 12.3.